The highest BCUT2D eigenvalue weighted by Gasteiger charge is 2.12. The molecule has 2 nitrogen and oxygen atoms in total. The van der Waals surface area contributed by atoms with E-state index in [0.29, 0.717) is 16.5 Å². The molecule has 5 heteroatoms. The summed E-state index contributed by atoms with van der Waals surface area (Å²) in [7, 11) is 0. The molecule has 0 atom stereocenters. The summed E-state index contributed by atoms with van der Waals surface area (Å²) in [6, 6.07) is 11.7. The van der Waals surface area contributed by atoms with Crippen LogP contribution in [-0.2, 0) is 5.88 Å². The van der Waals surface area contributed by atoms with Crippen molar-refractivity contribution in [2.75, 3.05) is 0 Å². The first-order valence-corrected chi connectivity index (χ1v) is 6.59. The predicted octanol–water partition coefficient (Wildman–Crippen LogP) is 4.56. The van der Waals surface area contributed by atoms with Gasteiger partial charge < -0.3 is 0 Å². The van der Waals surface area contributed by atoms with Gasteiger partial charge in [-0.1, -0.05) is 17.7 Å². The molecule has 1 aromatic heterocycles. The molecular formula is C14H9Cl2FN2. The van der Waals surface area contributed by atoms with Crippen LogP contribution in [-0.4, -0.2) is 9.55 Å². The lowest BCUT2D eigenvalue weighted by molar-refractivity contribution is 0.626. The van der Waals surface area contributed by atoms with Gasteiger partial charge in [0.2, 0.25) is 0 Å². The van der Waals surface area contributed by atoms with Gasteiger partial charge in [-0.05, 0) is 36.4 Å². The van der Waals surface area contributed by atoms with Crippen LogP contribution in [0, 0.1) is 5.82 Å². The average Bonchev–Trinajstić information content (AvgIpc) is 2.76. The number of benzene rings is 2. The summed E-state index contributed by atoms with van der Waals surface area (Å²) < 4.78 is 15.2. The van der Waals surface area contributed by atoms with E-state index in [-0.39, 0.29) is 11.7 Å². The molecule has 0 N–H and O–H groups in total. The Morgan fingerprint density at radius 2 is 2.00 bits per heavy atom. The Morgan fingerprint density at radius 3 is 2.74 bits per heavy atom. The number of nitrogens with zero attached hydrogens (tertiary/aromatic N) is 2. The highest BCUT2D eigenvalue weighted by atomic mass is 35.5. The van der Waals surface area contributed by atoms with Crippen LogP contribution in [0.1, 0.15) is 5.82 Å². The fourth-order valence-electron chi connectivity index (χ4n) is 2.09. The molecule has 3 aromatic rings. The van der Waals surface area contributed by atoms with Crippen LogP contribution >= 0.6 is 23.2 Å². The normalized spacial score (nSPS) is 11.1. The van der Waals surface area contributed by atoms with E-state index in [1.165, 1.54) is 12.1 Å². The van der Waals surface area contributed by atoms with Gasteiger partial charge in [-0.15, -0.1) is 11.6 Å². The second kappa shape index (κ2) is 4.83. The Morgan fingerprint density at radius 1 is 1.16 bits per heavy atom. The maximum atomic E-state index is 13.4. The first-order valence-electron chi connectivity index (χ1n) is 5.68. The van der Waals surface area contributed by atoms with Gasteiger partial charge in [0.05, 0.1) is 22.6 Å². The van der Waals surface area contributed by atoms with Crippen LogP contribution in [0.15, 0.2) is 42.5 Å². The molecule has 0 amide bonds. The molecular weight excluding hydrogens is 286 g/mol. The van der Waals surface area contributed by atoms with Crippen LogP contribution in [0.5, 0.6) is 0 Å². The van der Waals surface area contributed by atoms with E-state index in [1.54, 1.807) is 24.3 Å². The van der Waals surface area contributed by atoms with Crippen LogP contribution in [0.4, 0.5) is 4.39 Å². The lowest BCUT2D eigenvalue weighted by atomic mass is 10.2. The van der Waals surface area contributed by atoms with Crippen molar-refractivity contribution in [1.82, 2.24) is 9.55 Å². The third kappa shape index (κ3) is 2.20. The van der Waals surface area contributed by atoms with Crippen LogP contribution in [0.25, 0.3) is 16.7 Å². The maximum absolute atomic E-state index is 13.4. The Labute approximate surface area is 119 Å². The monoisotopic (exact) mass is 294 g/mol. The standard InChI is InChI=1S/C14H9Cl2FN2/c15-8-14-18-12-5-4-9(16)6-13(12)19(14)11-3-1-2-10(17)7-11/h1-7H,8H2. The van der Waals surface area contributed by atoms with Gasteiger partial charge in [-0.3, -0.25) is 4.57 Å². The SMILES string of the molecule is Fc1cccc(-n2c(CCl)nc3ccc(Cl)cc32)c1. The van der Waals surface area contributed by atoms with Crippen LogP contribution in [0.2, 0.25) is 5.02 Å². The quantitative estimate of drug-likeness (QED) is 0.634. The molecule has 19 heavy (non-hydrogen) atoms. The molecule has 0 saturated heterocycles. The van der Waals surface area contributed by atoms with E-state index >= 15 is 0 Å². The molecule has 0 aliphatic carbocycles. The van der Waals surface area contributed by atoms with Gasteiger partial charge >= 0.3 is 0 Å². The molecule has 0 aliphatic rings. The van der Waals surface area contributed by atoms with Crippen molar-refractivity contribution in [3.05, 3.63) is 59.1 Å². The predicted molar refractivity (Wildman–Crippen MR) is 75.6 cm³/mol. The second-order valence-corrected chi connectivity index (χ2v) is 4.81. The number of hydrogen-bond donors (Lipinski definition) is 0. The number of rotatable bonds is 2. The van der Waals surface area contributed by atoms with E-state index in [9.17, 15) is 4.39 Å². The van der Waals surface area contributed by atoms with Gasteiger partial charge in [0.25, 0.3) is 0 Å². The average molecular weight is 295 g/mol. The number of fused-ring (bicyclic) bond motifs is 1. The molecule has 0 radical (unpaired) electrons. The summed E-state index contributed by atoms with van der Waals surface area (Å²) in [6.07, 6.45) is 0. The van der Waals surface area contributed by atoms with Crippen molar-refractivity contribution in [2.24, 2.45) is 0 Å². The molecule has 96 valence electrons. The summed E-state index contributed by atoms with van der Waals surface area (Å²) in [6.45, 7) is 0. The molecule has 0 aliphatic heterocycles. The number of aromatic nitrogens is 2. The van der Waals surface area contributed by atoms with E-state index in [0.717, 1.165) is 11.0 Å². The number of imidazole rings is 1. The van der Waals surface area contributed by atoms with Gasteiger partial charge in [-0.2, -0.15) is 0 Å². The fourth-order valence-corrected chi connectivity index (χ4v) is 2.44. The van der Waals surface area contributed by atoms with E-state index < -0.39 is 0 Å². The van der Waals surface area contributed by atoms with Gasteiger partial charge in [0.1, 0.15) is 11.6 Å². The van der Waals surface area contributed by atoms with Crippen molar-refractivity contribution in [2.45, 2.75) is 5.88 Å². The molecule has 0 unspecified atom stereocenters. The van der Waals surface area contributed by atoms with Gasteiger partial charge in [-0.25, -0.2) is 9.37 Å². The van der Waals surface area contributed by atoms with E-state index in [1.807, 2.05) is 10.6 Å². The lowest BCUT2D eigenvalue weighted by Crippen LogP contribution is -1.99. The van der Waals surface area contributed by atoms with Crippen molar-refractivity contribution in [1.29, 1.82) is 0 Å². The minimum Gasteiger partial charge on any atom is -0.295 e. The first-order chi connectivity index (χ1) is 9.19. The minimum absolute atomic E-state index is 0.239. The molecule has 0 spiro atoms. The molecule has 1 heterocycles. The Balaban J connectivity index is 2.34. The summed E-state index contributed by atoms with van der Waals surface area (Å²) >= 11 is 11.9. The van der Waals surface area contributed by atoms with Crippen molar-refractivity contribution in [3.63, 3.8) is 0 Å². The maximum Gasteiger partial charge on any atom is 0.129 e. The summed E-state index contributed by atoms with van der Waals surface area (Å²) in [4.78, 5) is 4.43. The van der Waals surface area contributed by atoms with Gasteiger partial charge in [0, 0.05) is 5.02 Å². The Hall–Kier alpha value is -1.58. The van der Waals surface area contributed by atoms with Crippen molar-refractivity contribution < 1.29 is 4.39 Å². The molecule has 2 aromatic carbocycles. The number of halogens is 3. The van der Waals surface area contributed by atoms with Crippen molar-refractivity contribution in [3.8, 4) is 5.69 Å². The summed E-state index contributed by atoms with van der Waals surface area (Å²) in [5, 5.41) is 0.603. The second-order valence-electron chi connectivity index (χ2n) is 4.11. The topological polar surface area (TPSA) is 17.8 Å². The summed E-state index contributed by atoms with van der Waals surface area (Å²) in [5.74, 6) is 0.592. The highest BCUT2D eigenvalue weighted by molar-refractivity contribution is 6.31. The number of hydrogen-bond acceptors (Lipinski definition) is 1. The van der Waals surface area contributed by atoms with Gasteiger partial charge in [0.15, 0.2) is 0 Å². The van der Waals surface area contributed by atoms with E-state index in [4.69, 9.17) is 23.2 Å². The fraction of sp³-hybridized carbons (Fsp3) is 0.0714. The largest absolute Gasteiger partial charge is 0.295 e. The molecule has 0 bridgehead atoms. The lowest BCUT2D eigenvalue weighted by Gasteiger charge is -2.07. The van der Waals surface area contributed by atoms with Crippen LogP contribution in [0.3, 0.4) is 0 Å². The Kier molecular flexibility index (Phi) is 3.17. The molecule has 0 fully saturated rings. The third-order valence-electron chi connectivity index (χ3n) is 2.87. The van der Waals surface area contributed by atoms with Crippen molar-refractivity contribution >= 4 is 34.2 Å². The third-order valence-corrected chi connectivity index (χ3v) is 3.35. The molecule has 3 rings (SSSR count). The zero-order valence-electron chi connectivity index (χ0n) is 9.78. The molecule has 0 saturated carbocycles. The first kappa shape index (κ1) is 12.5. The zero-order chi connectivity index (χ0) is 13.4. The highest BCUT2D eigenvalue weighted by Crippen LogP contribution is 2.25. The zero-order valence-corrected chi connectivity index (χ0v) is 11.3. The number of alkyl halides is 1. The summed E-state index contributed by atoms with van der Waals surface area (Å²) in [5.41, 5.74) is 2.28. The van der Waals surface area contributed by atoms with E-state index in [2.05, 4.69) is 4.98 Å². The minimum atomic E-state index is -0.304. The smallest absolute Gasteiger partial charge is 0.129 e. The Bertz CT molecular complexity index is 752. The van der Waals surface area contributed by atoms with Crippen LogP contribution < -0.4 is 0 Å².